The second-order valence-corrected chi connectivity index (χ2v) is 7.80. The van der Waals surface area contributed by atoms with E-state index in [-0.39, 0.29) is 23.0 Å². The summed E-state index contributed by atoms with van der Waals surface area (Å²) in [5.74, 6) is -0.345. The quantitative estimate of drug-likeness (QED) is 0.792. The second kappa shape index (κ2) is 8.37. The molecular weight excluding hydrogens is 395 g/mol. The Morgan fingerprint density at radius 3 is 2.69 bits per heavy atom. The van der Waals surface area contributed by atoms with Crippen LogP contribution in [0.3, 0.4) is 0 Å². The number of benzene rings is 1. The molecule has 2 aliphatic rings. The molecule has 8 heteroatoms. The molecule has 0 unspecified atom stereocenters. The molecule has 1 N–H and O–H groups in total. The first kappa shape index (κ1) is 19.6. The van der Waals surface area contributed by atoms with Crippen LogP contribution in [0.1, 0.15) is 31.2 Å². The number of rotatable bonds is 5. The SMILES string of the molecule is O=C(Cc1c(F)cccc1Cl)Nc1ccc(N2CCN(C3CCCC3)C2=O)nc1. The van der Waals surface area contributed by atoms with Crippen molar-refractivity contribution in [1.29, 1.82) is 0 Å². The van der Waals surface area contributed by atoms with Crippen LogP contribution in [0.5, 0.6) is 0 Å². The van der Waals surface area contributed by atoms with Gasteiger partial charge in [-0.3, -0.25) is 9.69 Å². The Balaban J connectivity index is 1.38. The third-order valence-corrected chi connectivity index (χ3v) is 5.87. The Morgan fingerprint density at radius 1 is 1.21 bits per heavy atom. The average molecular weight is 417 g/mol. The first-order valence-electron chi connectivity index (χ1n) is 9.80. The van der Waals surface area contributed by atoms with Crippen molar-refractivity contribution in [1.82, 2.24) is 9.88 Å². The van der Waals surface area contributed by atoms with Crippen LogP contribution in [0.2, 0.25) is 5.02 Å². The maximum Gasteiger partial charge on any atom is 0.326 e. The summed E-state index contributed by atoms with van der Waals surface area (Å²) in [5, 5.41) is 2.90. The summed E-state index contributed by atoms with van der Waals surface area (Å²) < 4.78 is 13.8. The molecule has 1 aromatic carbocycles. The topological polar surface area (TPSA) is 65.5 Å². The van der Waals surface area contributed by atoms with Gasteiger partial charge in [-0.1, -0.05) is 30.5 Å². The van der Waals surface area contributed by atoms with Crippen LogP contribution in [0.25, 0.3) is 0 Å². The number of urea groups is 1. The van der Waals surface area contributed by atoms with Crippen molar-refractivity contribution in [2.24, 2.45) is 0 Å². The van der Waals surface area contributed by atoms with Gasteiger partial charge in [0.2, 0.25) is 5.91 Å². The minimum absolute atomic E-state index is 0.00428. The molecule has 152 valence electrons. The van der Waals surface area contributed by atoms with Gasteiger partial charge in [-0.05, 0) is 37.1 Å². The standard InChI is InChI=1S/C21H22ClFN4O2/c22-17-6-3-7-18(23)16(17)12-20(28)25-14-8-9-19(24-13-14)27-11-10-26(21(27)29)15-4-1-2-5-15/h3,6-9,13,15H,1-2,4-5,10-12H2,(H,25,28). The number of halogens is 2. The van der Waals surface area contributed by atoms with E-state index in [0.717, 1.165) is 12.8 Å². The number of aromatic nitrogens is 1. The van der Waals surface area contributed by atoms with Crippen molar-refractivity contribution in [3.8, 4) is 0 Å². The Hall–Kier alpha value is -2.67. The maximum absolute atomic E-state index is 13.8. The molecule has 29 heavy (non-hydrogen) atoms. The summed E-state index contributed by atoms with van der Waals surface area (Å²) in [4.78, 5) is 32.9. The van der Waals surface area contributed by atoms with Crippen molar-refractivity contribution >= 4 is 35.0 Å². The number of carbonyl (C=O) groups is 2. The lowest BCUT2D eigenvalue weighted by Gasteiger charge is -2.23. The van der Waals surface area contributed by atoms with E-state index in [1.165, 1.54) is 31.2 Å². The van der Waals surface area contributed by atoms with Crippen LogP contribution in [-0.2, 0) is 11.2 Å². The number of hydrogen-bond donors (Lipinski definition) is 1. The molecule has 0 radical (unpaired) electrons. The van der Waals surface area contributed by atoms with Crippen LogP contribution in [-0.4, -0.2) is 41.0 Å². The smallest absolute Gasteiger partial charge is 0.324 e. The molecule has 1 aromatic heterocycles. The van der Waals surface area contributed by atoms with E-state index in [9.17, 15) is 14.0 Å². The fourth-order valence-corrected chi connectivity index (χ4v) is 4.24. The lowest BCUT2D eigenvalue weighted by molar-refractivity contribution is -0.115. The Morgan fingerprint density at radius 2 is 2.00 bits per heavy atom. The third-order valence-electron chi connectivity index (χ3n) is 5.51. The zero-order valence-electron chi connectivity index (χ0n) is 15.9. The van der Waals surface area contributed by atoms with Crippen LogP contribution >= 0.6 is 11.6 Å². The van der Waals surface area contributed by atoms with Crippen LogP contribution in [0, 0.1) is 5.82 Å². The lowest BCUT2D eigenvalue weighted by atomic mass is 10.1. The average Bonchev–Trinajstić information content (AvgIpc) is 3.35. The van der Waals surface area contributed by atoms with Gasteiger partial charge in [0.15, 0.2) is 0 Å². The fourth-order valence-electron chi connectivity index (χ4n) is 4.01. The lowest BCUT2D eigenvalue weighted by Crippen LogP contribution is -2.38. The van der Waals surface area contributed by atoms with E-state index in [1.807, 2.05) is 4.90 Å². The van der Waals surface area contributed by atoms with Gasteiger partial charge >= 0.3 is 6.03 Å². The highest BCUT2D eigenvalue weighted by atomic mass is 35.5. The molecule has 2 aromatic rings. The molecule has 0 bridgehead atoms. The van der Waals surface area contributed by atoms with Crippen molar-refractivity contribution in [2.45, 2.75) is 38.1 Å². The molecule has 1 aliphatic heterocycles. The zero-order chi connectivity index (χ0) is 20.4. The molecule has 0 atom stereocenters. The Bertz CT molecular complexity index is 895. The number of amides is 3. The minimum atomic E-state index is -0.513. The molecule has 1 aliphatic carbocycles. The first-order chi connectivity index (χ1) is 14.0. The van der Waals surface area contributed by atoms with Gasteiger partial charge in [0.05, 0.1) is 18.3 Å². The molecule has 0 spiro atoms. The summed E-state index contributed by atoms with van der Waals surface area (Å²) in [5.41, 5.74) is 0.636. The summed E-state index contributed by atoms with van der Waals surface area (Å²) in [6.07, 6.45) is 5.84. The predicted molar refractivity (Wildman–Crippen MR) is 110 cm³/mol. The minimum Gasteiger partial charge on any atom is -0.324 e. The molecule has 1 saturated carbocycles. The van der Waals surface area contributed by atoms with Crippen molar-refractivity contribution < 1.29 is 14.0 Å². The highest BCUT2D eigenvalue weighted by Crippen LogP contribution is 2.28. The van der Waals surface area contributed by atoms with E-state index in [0.29, 0.717) is 30.6 Å². The summed E-state index contributed by atoms with van der Waals surface area (Å²) in [6.45, 7) is 1.33. The van der Waals surface area contributed by atoms with E-state index in [1.54, 1.807) is 23.1 Å². The van der Waals surface area contributed by atoms with Crippen molar-refractivity contribution in [3.05, 3.63) is 52.9 Å². The highest BCUT2D eigenvalue weighted by molar-refractivity contribution is 6.31. The van der Waals surface area contributed by atoms with E-state index in [2.05, 4.69) is 10.3 Å². The Kier molecular flexibility index (Phi) is 5.67. The monoisotopic (exact) mass is 416 g/mol. The van der Waals surface area contributed by atoms with Crippen LogP contribution < -0.4 is 10.2 Å². The predicted octanol–water partition coefficient (Wildman–Crippen LogP) is 4.24. The Labute approximate surface area is 173 Å². The van der Waals surface area contributed by atoms with Gasteiger partial charge in [-0.15, -0.1) is 0 Å². The van der Waals surface area contributed by atoms with Gasteiger partial charge in [0.25, 0.3) is 0 Å². The number of nitrogens with one attached hydrogen (secondary N) is 1. The number of carbonyl (C=O) groups excluding carboxylic acids is 2. The van der Waals surface area contributed by atoms with Crippen molar-refractivity contribution in [2.75, 3.05) is 23.3 Å². The van der Waals surface area contributed by atoms with Gasteiger partial charge in [0.1, 0.15) is 11.6 Å². The number of hydrogen-bond acceptors (Lipinski definition) is 3. The largest absolute Gasteiger partial charge is 0.326 e. The molecule has 2 heterocycles. The molecule has 6 nitrogen and oxygen atoms in total. The first-order valence-corrected chi connectivity index (χ1v) is 10.2. The molecule has 1 saturated heterocycles. The maximum atomic E-state index is 13.8. The summed E-state index contributed by atoms with van der Waals surface area (Å²) in [7, 11) is 0. The van der Waals surface area contributed by atoms with E-state index in [4.69, 9.17) is 11.6 Å². The molecule has 3 amide bonds. The number of nitrogens with zero attached hydrogens (tertiary/aromatic N) is 3. The fraction of sp³-hybridized carbons (Fsp3) is 0.381. The number of anilines is 2. The third kappa shape index (κ3) is 4.19. The summed E-state index contributed by atoms with van der Waals surface area (Å²) >= 11 is 5.97. The van der Waals surface area contributed by atoms with E-state index < -0.39 is 11.7 Å². The normalized spacial score (nSPS) is 17.2. The zero-order valence-corrected chi connectivity index (χ0v) is 16.7. The highest BCUT2D eigenvalue weighted by Gasteiger charge is 2.36. The second-order valence-electron chi connectivity index (χ2n) is 7.40. The number of pyridine rings is 1. The molecule has 4 rings (SSSR count). The van der Waals surface area contributed by atoms with Crippen LogP contribution in [0.4, 0.5) is 20.7 Å². The molecule has 2 fully saturated rings. The van der Waals surface area contributed by atoms with Gasteiger partial charge in [0, 0.05) is 29.7 Å². The van der Waals surface area contributed by atoms with Gasteiger partial charge < -0.3 is 10.2 Å². The van der Waals surface area contributed by atoms with Gasteiger partial charge in [-0.25, -0.2) is 14.2 Å². The summed E-state index contributed by atoms with van der Waals surface area (Å²) in [6, 6.07) is 8.05. The van der Waals surface area contributed by atoms with Gasteiger partial charge in [-0.2, -0.15) is 0 Å². The van der Waals surface area contributed by atoms with Crippen molar-refractivity contribution in [3.63, 3.8) is 0 Å². The van der Waals surface area contributed by atoms with Crippen LogP contribution in [0.15, 0.2) is 36.5 Å². The molecular formula is C21H22ClFN4O2. The van der Waals surface area contributed by atoms with E-state index >= 15 is 0 Å².